The van der Waals surface area contributed by atoms with Crippen molar-refractivity contribution in [2.24, 2.45) is 0 Å². The van der Waals surface area contributed by atoms with Crippen LogP contribution in [0, 0.1) is 0 Å². The van der Waals surface area contributed by atoms with E-state index in [9.17, 15) is 15.2 Å². The zero-order valence-corrected chi connectivity index (χ0v) is 9.28. The number of rotatable bonds is 0. The summed E-state index contributed by atoms with van der Waals surface area (Å²) in [5, 5.41) is 23.4. The van der Waals surface area contributed by atoms with E-state index in [1.54, 1.807) is 36.4 Å². The van der Waals surface area contributed by atoms with Crippen molar-refractivity contribution in [3.63, 3.8) is 0 Å². The van der Waals surface area contributed by atoms with Crippen molar-refractivity contribution in [2.75, 3.05) is 10.1 Å². The van der Waals surface area contributed by atoms with Gasteiger partial charge >= 0.3 is 0 Å². The summed E-state index contributed by atoms with van der Waals surface area (Å²) in [5.74, 6) is -0.373. The van der Waals surface area contributed by atoms with Crippen molar-refractivity contribution in [3.05, 3.63) is 60.0 Å². The molecule has 89 valence electrons. The SMILES string of the molecule is [O]N1/C(=C2\C=CC=CC2=O)N(O)c2ccccc21. The molecule has 0 aromatic heterocycles. The summed E-state index contributed by atoms with van der Waals surface area (Å²) < 4.78 is 0. The largest absolute Gasteiger partial charge is 0.289 e. The molecule has 5 heteroatoms. The minimum Gasteiger partial charge on any atom is -0.289 e. The number of benzene rings is 1. The molecule has 18 heavy (non-hydrogen) atoms. The zero-order chi connectivity index (χ0) is 12.7. The first kappa shape index (κ1) is 10.8. The molecule has 0 fully saturated rings. The molecule has 0 amide bonds. The third-order valence-electron chi connectivity index (χ3n) is 2.85. The molecule has 1 radical (unpaired) electrons. The fourth-order valence-corrected chi connectivity index (χ4v) is 2.00. The summed E-state index contributed by atoms with van der Waals surface area (Å²) in [4.78, 5) is 11.7. The van der Waals surface area contributed by atoms with Crippen LogP contribution in [0.25, 0.3) is 0 Å². The van der Waals surface area contributed by atoms with Gasteiger partial charge in [-0.2, -0.15) is 5.06 Å². The van der Waals surface area contributed by atoms with E-state index in [-0.39, 0.29) is 17.2 Å². The lowest BCUT2D eigenvalue weighted by molar-refractivity contribution is -0.111. The van der Waals surface area contributed by atoms with Crippen molar-refractivity contribution in [1.29, 1.82) is 0 Å². The molecule has 1 aromatic carbocycles. The number of allylic oxidation sites excluding steroid dienone is 5. The monoisotopic (exact) mass is 241 g/mol. The van der Waals surface area contributed by atoms with Crippen LogP contribution in [0.15, 0.2) is 60.0 Å². The lowest BCUT2D eigenvalue weighted by Gasteiger charge is -2.16. The Morgan fingerprint density at radius 3 is 2.33 bits per heavy atom. The molecule has 3 rings (SSSR count). The average molecular weight is 241 g/mol. The Bertz CT molecular complexity index is 585. The van der Waals surface area contributed by atoms with Gasteiger partial charge in [-0.25, -0.2) is 5.06 Å². The molecular formula is C13H9N2O3. The second-order valence-electron chi connectivity index (χ2n) is 3.91. The third kappa shape index (κ3) is 1.38. The molecule has 0 atom stereocenters. The first-order chi connectivity index (χ1) is 8.70. The number of hydroxylamine groups is 2. The maximum absolute atomic E-state index is 12.1. The molecule has 1 aliphatic heterocycles. The van der Waals surface area contributed by atoms with E-state index in [2.05, 4.69) is 0 Å². The Morgan fingerprint density at radius 1 is 1.00 bits per heavy atom. The minimum atomic E-state index is -0.305. The highest BCUT2D eigenvalue weighted by Crippen LogP contribution is 2.40. The highest BCUT2D eigenvalue weighted by molar-refractivity contribution is 6.09. The van der Waals surface area contributed by atoms with E-state index in [1.807, 2.05) is 0 Å². The third-order valence-corrected chi connectivity index (χ3v) is 2.85. The first-order valence-corrected chi connectivity index (χ1v) is 5.39. The van der Waals surface area contributed by atoms with Crippen LogP contribution in [0.3, 0.4) is 0 Å². The summed E-state index contributed by atoms with van der Waals surface area (Å²) in [7, 11) is 0. The number of anilines is 2. The maximum Gasteiger partial charge on any atom is 0.189 e. The summed E-state index contributed by atoms with van der Waals surface area (Å²) in [6, 6.07) is 6.61. The number of ketones is 1. The van der Waals surface area contributed by atoms with Crippen LogP contribution < -0.4 is 10.1 Å². The van der Waals surface area contributed by atoms with Crippen molar-refractivity contribution >= 4 is 17.2 Å². The van der Waals surface area contributed by atoms with Gasteiger partial charge in [-0.15, -0.1) is 0 Å². The van der Waals surface area contributed by atoms with Gasteiger partial charge in [0.05, 0.1) is 11.3 Å². The Kier molecular flexibility index (Phi) is 2.29. The van der Waals surface area contributed by atoms with Crippen LogP contribution in [0.1, 0.15) is 0 Å². The Morgan fingerprint density at radius 2 is 1.67 bits per heavy atom. The lowest BCUT2D eigenvalue weighted by atomic mass is 10.1. The minimum absolute atomic E-state index is 0.0678. The number of carbonyl (C=O) groups excluding carboxylic acids is 1. The molecule has 0 saturated heterocycles. The van der Waals surface area contributed by atoms with Crippen LogP contribution in [-0.4, -0.2) is 11.0 Å². The van der Waals surface area contributed by atoms with Crippen LogP contribution >= 0.6 is 0 Å². The van der Waals surface area contributed by atoms with Crippen molar-refractivity contribution in [2.45, 2.75) is 0 Å². The zero-order valence-electron chi connectivity index (χ0n) is 9.28. The van der Waals surface area contributed by atoms with Gasteiger partial charge in [0.25, 0.3) is 0 Å². The number of carbonyl (C=O) groups is 1. The molecule has 0 saturated carbocycles. The number of hydrogen-bond acceptors (Lipinski definition) is 4. The van der Waals surface area contributed by atoms with E-state index in [0.29, 0.717) is 16.4 Å². The first-order valence-electron chi connectivity index (χ1n) is 5.39. The lowest BCUT2D eigenvalue weighted by Crippen LogP contribution is -2.26. The second kappa shape index (κ2) is 3.83. The number of nitrogens with zero attached hydrogens (tertiary/aromatic N) is 2. The van der Waals surface area contributed by atoms with Gasteiger partial charge in [-0.05, 0) is 24.3 Å². The van der Waals surface area contributed by atoms with Gasteiger partial charge in [0.2, 0.25) is 0 Å². The molecule has 1 N–H and O–H groups in total. The Hall–Kier alpha value is -2.37. The molecule has 1 aromatic rings. The van der Waals surface area contributed by atoms with Crippen LogP contribution in [-0.2, 0) is 10.0 Å². The van der Waals surface area contributed by atoms with Crippen LogP contribution in [0.5, 0.6) is 0 Å². The normalized spacial score (nSPS) is 21.8. The summed E-state index contributed by atoms with van der Waals surface area (Å²) in [5.41, 5.74) is 0.857. The predicted octanol–water partition coefficient (Wildman–Crippen LogP) is 1.95. The standard InChI is InChI=1S/C13H9N2O3/c16-12-8-4-1-5-9(12)13-14(17)10-6-2-3-7-11(10)15(13)18/h1-8,17H/b13-9+. The topological polar surface area (TPSA) is 63.7 Å². The van der Waals surface area contributed by atoms with Gasteiger partial charge in [0.15, 0.2) is 11.6 Å². The maximum atomic E-state index is 12.1. The van der Waals surface area contributed by atoms with Crippen molar-refractivity contribution in [3.8, 4) is 0 Å². The Balaban J connectivity index is 2.17. The van der Waals surface area contributed by atoms with Gasteiger partial charge in [-0.1, -0.05) is 29.5 Å². The van der Waals surface area contributed by atoms with Crippen molar-refractivity contribution < 1.29 is 15.2 Å². The van der Waals surface area contributed by atoms with Gasteiger partial charge < -0.3 is 0 Å². The number of fused-ring (bicyclic) bond motifs is 1. The quantitative estimate of drug-likeness (QED) is 0.705. The highest BCUT2D eigenvalue weighted by atomic mass is 16.6. The van der Waals surface area contributed by atoms with E-state index in [0.717, 1.165) is 5.06 Å². The summed E-state index contributed by atoms with van der Waals surface area (Å²) >= 11 is 0. The van der Waals surface area contributed by atoms with E-state index in [1.165, 1.54) is 12.2 Å². The van der Waals surface area contributed by atoms with Crippen LogP contribution in [0.4, 0.5) is 11.4 Å². The molecule has 0 bridgehead atoms. The van der Waals surface area contributed by atoms with E-state index >= 15 is 0 Å². The average Bonchev–Trinajstić information content (AvgIpc) is 2.64. The second-order valence-corrected chi connectivity index (χ2v) is 3.91. The van der Waals surface area contributed by atoms with E-state index < -0.39 is 0 Å². The molecule has 0 spiro atoms. The van der Waals surface area contributed by atoms with Crippen LogP contribution in [0.2, 0.25) is 0 Å². The van der Waals surface area contributed by atoms with Gasteiger partial charge in [-0.3, -0.25) is 10.0 Å². The number of hydrogen-bond donors (Lipinski definition) is 1. The fourth-order valence-electron chi connectivity index (χ4n) is 2.00. The molecular weight excluding hydrogens is 232 g/mol. The molecule has 1 aliphatic carbocycles. The smallest absolute Gasteiger partial charge is 0.189 e. The highest BCUT2D eigenvalue weighted by Gasteiger charge is 2.34. The molecule has 1 heterocycles. The summed E-state index contributed by atoms with van der Waals surface area (Å²) in [6.07, 6.45) is 6.10. The van der Waals surface area contributed by atoms with E-state index in [4.69, 9.17) is 0 Å². The summed E-state index contributed by atoms with van der Waals surface area (Å²) in [6.45, 7) is 0. The number of para-hydroxylation sites is 2. The molecule has 5 nitrogen and oxygen atoms in total. The molecule has 0 unspecified atom stereocenters. The fraction of sp³-hybridized carbons (Fsp3) is 0. The predicted molar refractivity (Wildman–Crippen MR) is 64.2 cm³/mol. The molecule has 2 aliphatic rings. The Labute approximate surface area is 103 Å². The van der Waals surface area contributed by atoms with Gasteiger partial charge in [0.1, 0.15) is 5.69 Å². The van der Waals surface area contributed by atoms with Crippen molar-refractivity contribution in [1.82, 2.24) is 0 Å². The van der Waals surface area contributed by atoms with Gasteiger partial charge in [0, 0.05) is 0 Å².